The molecule has 6 nitrogen and oxygen atoms in total. The van der Waals surface area contributed by atoms with Gasteiger partial charge in [-0.05, 0) is 75.9 Å². The van der Waals surface area contributed by atoms with Gasteiger partial charge in [-0.25, -0.2) is 4.79 Å². The number of benzene rings is 2. The molecule has 2 heterocycles. The number of hydrogen-bond acceptors (Lipinski definition) is 4. The van der Waals surface area contributed by atoms with Gasteiger partial charge in [0.15, 0.2) is 0 Å². The van der Waals surface area contributed by atoms with E-state index >= 15 is 0 Å². The van der Waals surface area contributed by atoms with Crippen LogP contribution in [0.15, 0.2) is 40.0 Å². The third-order valence-corrected chi connectivity index (χ3v) is 8.32. The minimum absolute atomic E-state index is 0.131. The normalized spacial score (nSPS) is 17.8. The van der Waals surface area contributed by atoms with Crippen molar-refractivity contribution < 1.29 is 4.79 Å². The summed E-state index contributed by atoms with van der Waals surface area (Å²) in [4.78, 5) is 29.9. The second-order valence-electron chi connectivity index (χ2n) is 10.1. The van der Waals surface area contributed by atoms with E-state index in [9.17, 15) is 9.59 Å². The number of aromatic nitrogens is 1. The lowest BCUT2D eigenvalue weighted by molar-refractivity contribution is 0.251. The highest BCUT2D eigenvalue weighted by Gasteiger charge is 2.24. The molecule has 1 aromatic heterocycles. The van der Waals surface area contributed by atoms with E-state index in [0.717, 1.165) is 58.5 Å². The number of H-pyrrole nitrogens is 1. The smallest absolute Gasteiger partial charge is 0.319 e. The molecular formula is C28H33ClN4O2S. The first kappa shape index (κ1) is 25.2. The fourth-order valence-electron chi connectivity index (χ4n) is 4.96. The highest BCUT2D eigenvalue weighted by molar-refractivity contribution is 7.99. The average Bonchev–Trinajstić information content (AvgIpc) is 3.64. The Balaban J connectivity index is 1.56. The predicted octanol–water partition coefficient (Wildman–Crippen LogP) is 6.37. The average molecular weight is 525 g/mol. The van der Waals surface area contributed by atoms with Gasteiger partial charge in [0, 0.05) is 22.4 Å². The molecule has 0 radical (unpaired) electrons. The summed E-state index contributed by atoms with van der Waals surface area (Å²) in [5.74, 6) is 0.890. The largest absolute Gasteiger partial charge is 0.335 e. The molecule has 1 saturated heterocycles. The molecule has 0 spiro atoms. The van der Waals surface area contributed by atoms with E-state index in [0.29, 0.717) is 27.8 Å². The third-order valence-electron chi connectivity index (χ3n) is 6.85. The van der Waals surface area contributed by atoms with Crippen LogP contribution in [0.3, 0.4) is 0 Å². The van der Waals surface area contributed by atoms with E-state index in [4.69, 9.17) is 11.6 Å². The lowest BCUT2D eigenvalue weighted by Gasteiger charge is -2.23. The number of fused-ring (bicyclic) bond motifs is 1. The highest BCUT2D eigenvalue weighted by atomic mass is 35.5. The minimum Gasteiger partial charge on any atom is -0.335 e. The van der Waals surface area contributed by atoms with Gasteiger partial charge in [-0.3, -0.25) is 4.79 Å². The van der Waals surface area contributed by atoms with E-state index in [1.54, 1.807) is 17.8 Å². The van der Waals surface area contributed by atoms with Crippen molar-refractivity contribution >= 4 is 46.0 Å². The quantitative estimate of drug-likeness (QED) is 0.270. The highest BCUT2D eigenvalue weighted by Crippen LogP contribution is 2.39. The van der Waals surface area contributed by atoms with Crippen LogP contribution in [0.2, 0.25) is 5.02 Å². The molecule has 2 aromatic carbocycles. The number of urea groups is 1. The second-order valence-corrected chi connectivity index (χ2v) is 11.6. The maximum atomic E-state index is 13.4. The third kappa shape index (κ3) is 5.90. The zero-order valence-corrected chi connectivity index (χ0v) is 22.4. The molecule has 1 unspecified atom stereocenters. The van der Waals surface area contributed by atoms with Gasteiger partial charge >= 0.3 is 6.03 Å². The summed E-state index contributed by atoms with van der Waals surface area (Å²) < 4.78 is 0. The number of aromatic amines is 1. The van der Waals surface area contributed by atoms with Crippen LogP contribution in [0, 0.1) is 13.8 Å². The number of piperidine rings is 1. The number of nitrogens with one attached hydrogen (secondary N) is 4. The zero-order chi connectivity index (χ0) is 25.2. The molecule has 1 aliphatic carbocycles. The lowest BCUT2D eigenvalue weighted by Crippen LogP contribution is -2.34. The van der Waals surface area contributed by atoms with Crippen LogP contribution in [0.25, 0.3) is 22.0 Å². The lowest BCUT2D eigenvalue weighted by atomic mass is 10.00. The van der Waals surface area contributed by atoms with Crippen molar-refractivity contribution in [1.82, 2.24) is 15.6 Å². The van der Waals surface area contributed by atoms with Gasteiger partial charge in [0.25, 0.3) is 5.56 Å². The van der Waals surface area contributed by atoms with Crippen LogP contribution < -0.4 is 21.5 Å². The van der Waals surface area contributed by atoms with Crippen LogP contribution in [0.1, 0.15) is 49.7 Å². The van der Waals surface area contributed by atoms with E-state index in [2.05, 4.69) is 39.1 Å². The molecule has 190 valence electrons. The number of hydrogen-bond donors (Lipinski definition) is 4. The number of halogens is 1. The Morgan fingerprint density at radius 3 is 2.56 bits per heavy atom. The van der Waals surface area contributed by atoms with Crippen molar-refractivity contribution in [2.45, 2.75) is 69.4 Å². The standard InChI is InChI=1S/C28H33ClN4O2S/c1-16-11-17(2)13-18(12-16)25-26(36-10-8-19-5-3-4-9-30-19)21-14-24(33-28(35)31-20-6-7-20)22(29)15-23(21)32-27(25)34/h11-15,19-20,30H,3-10H2,1-2H3,(H,32,34)(H2,31,33,35). The van der Waals surface area contributed by atoms with Crippen molar-refractivity contribution in [3.05, 3.63) is 56.8 Å². The molecule has 2 fully saturated rings. The first-order valence-electron chi connectivity index (χ1n) is 12.8. The molecule has 5 rings (SSSR count). The minimum atomic E-state index is -0.254. The number of thioether (sulfide) groups is 1. The maximum Gasteiger partial charge on any atom is 0.319 e. The van der Waals surface area contributed by atoms with Crippen molar-refractivity contribution in [3.63, 3.8) is 0 Å². The van der Waals surface area contributed by atoms with Crippen LogP contribution in [0.5, 0.6) is 0 Å². The fraction of sp³-hybridized carbons (Fsp3) is 0.429. The second kappa shape index (κ2) is 10.9. The number of rotatable bonds is 7. The molecule has 0 bridgehead atoms. The molecule has 1 aliphatic heterocycles. The van der Waals surface area contributed by atoms with Crippen molar-refractivity contribution in [1.29, 1.82) is 0 Å². The summed E-state index contributed by atoms with van der Waals surface area (Å²) in [5, 5.41) is 10.8. The van der Waals surface area contributed by atoms with Crippen molar-refractivity contribution in [2.75, 3.05) is 17.6 Å². The van der Waals surface area contributed by atoms with Gasteiger partial charge < -0.3 is 20.9 Å². The summed E-state index contributed by atoms with van der Waals surface area (Å²) in [7, 11) is 0. The van der Waals surface area contributed by atoms with Gasteiger partial charge in [-0.1, -0.05) is 47.3 Å². The molecule has 3 aromatic rings. The SMILES string of the molecule is Cc1cc(C)cc(-c2c(SCCC3CCCCN3)c3cc(NC(=O)NC4CC4)c(Cl)cc3[nH]c2=O)c1. The molecule has 8 heteroatoms. The molecular weight excluding hydrogens is 492 g/mol. The number of pyridine rings is 1. The van der Waals surface area contributed by atoms with Gasteiger partial charge in [-0.15, -0.1) is 11.8 Å². The summed E-state index contributed by atoms with van der Waals surface area (Å²) >= 11 is 8.24. The Morgan fingerprint density at radius 2 is 1.86 bits per heavy atom. The van der Waals surface area contributed by atoms with Crippen LogP contribution in [-0.4, -0.2) is 35.4 Å². The number of aryl methyl sites for hydroxylation is 2. The van der Waals surface area contributed by atoms with E-state index in [-0.39, 0.29) is 17.6 Å². The van der Waals surface area contributed by atoms with Gasteiger partial charge in [0.05, 0.1) is 21.8 Å². The maximum absolute atomic E-state index is 13.4. The molecule has 36 heavy (non-hydrogen) atoms. The van der Waals surface area contributed by atoms with Gasteiger partial charge in [-0.2, -0.15) is 0 Å². The van der Waals surface area contributed by atoms with Crippen molar-refractivity contribution in [3.8, 4) is 11.1 Å². The molecule has 2 aliphatic rings. The van der Waals surface area contributed by atoms with E-state index in [1.165, 1.54) is 19.3 Å². The number of amides is 2. The van der Waals surface area contributed by atoms with Gasteiger partial charge in [0.1, 0.15) is 0 Å². The topological polar surface area (TPSA) is 86.0 Å². The number of anilines is 1. The van der Waals surface area contributed by atoms with Crippen LogP contribution >= 0.6 is 23.4 Å². The van der Waals surface area contributed by atoms with Crippen molar-refractivity contribution in [2.24, 2.45) is 0 Å². The summed E-state index contributed by atoms with van der Waals surface area (Å²) in [5.41, 5.74) is 4.88. The molecule has 4 N–H and O–H groups in total. The number of carbonyl (C=O) groups is 1. The fourth-order valence-corrected chi connectivity index (χ4v) is 6.46. The predicted molar refractivity (Wildman–Crippen MR) is 151 cm³/mol. The Kier molecular flexibility index (Phi) is 7.60. The van der Waals surface area contributed by atoms with Crippen LogP contribution in [0.4, 0.5) is 10.5 Å². The first-order chi connectivity index (χ1) is 17.4. The Morgan fingerprint density at radius 1 is 1.08 bits per heavy atom. The zero-order valence-electron chi connectivity index (χ0n) is 20.8. The van der Waals surface area contributed by atoms with E-state index < -0.39 is 0 Å². The Bertz CT molecular complexity index is 1330. The molecule has 2 amide bonds. The van der Waals surface area contributed by atoms with Gasteiger partial charge in [0.2, 0.25) is 0 Å². The first-order valence-corrected chi connectivity index (χ1v) is 14.2. The molecule has 1 saturated carbocycles. The monoisotopic (exact) mass is 524 g/mol. The summed E-state index contributed by atoms with van der Waals surface area (Å²) in [6, 6.07) is 10.4. The Labute approximate surface area is 221 Å². The summed E-state index contributed by atoms with van der Waals surface area (Å²) in [6.45, 7) is 5.18. The summed E-state index contributed by atoms with van der Waals surface area (Å²) in [6.07, 6.45) is 6.75. The number of carbonyl (C=O) groups excluding carboxylic acids is 1. The van der Waals surface area contributed by atoms with Crippen LogP contribution in [-0.2, 0) is 0 Å². The molecule has 1 atom stereocenters. The van der Waals surface area contributed by atoms with E-state index in [1.807, 2.05) is 19.9 Å². The Hall–Kier alpha value is -2.48.